The number of nitrogens with zero attached hydrogens (tertiary/aromatic N) is 1. The maximum Gasteiger partial charge on any atom is 0.207 e. The number of rotatable bonds is 4. The molecule has 0 unspecified atom stereocenters. The van der Waals surface area contributed by atoms with Crippen LogP contribution >= 0.6 is 0 Å². The molecule has 0 saturated heterocycles. The molecule has 0 saturated carbocycles. The number of aromatic amines is 1. The van der Waals surface area contributed by atoms with E-state index in [2.05, 4.69) is 15.5 Å². The van der Waals surface area contributed by atoms with E-state index >= 15 is 0 Å². The van der Waals surface area contributed by atoms with Crippen LogP contribution in [0.1, 0.15) is 5.56 Å². The first-order chi connectivity index (χ1) is 7.40. The van der Waals surface area contributed by atoms with Gasteiger partial charge in [-0.15, -0.1) is 0 Å². The van der Waals surface area contributed by atoms with Crippen LogP contribution in [0.4, 0.5) is 0 Å². The highest BCUT2D eigenvalue weighted by atomic mass is 16.1. The number of nitrogens with one attached hydrogen (secondary N) is 2. The monoisotopic (exact) mass is 201 g/mol. The lowest BCUT2D eigenvalue weighted by molar-refractivity contribution is -0.109. The molecule has 0 aliphatic carbocycles. The standard InChI is InChI=1S/C11H11N3O/c15-8-12-7-9-1-3-10(4-2-9)11-5-6-13-14-11/h1-6,8H,7H2,(H,12,15)(H,13,14). The van der Waals surface area contributed by atoms with Crippen molar-refractivity contribution in [3.8, 4) is 11.3 Å². The van der Waals surface area contributed by atoms with Gasteiger partial charge in [-0.2, -0.15) is 5.10 Å². The van der Waals surface area contributed by atoms with E-state index < -0.39 is 0 Å². The summed E-state index contributed by atoms with van der Waals surface area (Å²) in [6, 6.07) is 9.86. The normalized spacial score (nSPS) is 9.87. The third kappa shape index (κ3) is 2.22. The maximum atomic E-state index is 10.1. The Bertz CT molecular complexity index is 420. The lowest BCUT2D eigenvalue weighted by Crippen LogP contribution is -2.09. The average molecular weight is 201 g/mol. The van der Waals surface area contributed by atoms with E-state index in [9.17, 15) is 4.79 Å². The van der Waals surface area contributed by atoms with Crippen LogP contribution in [0.5, 0.6) is 0 Å². The van der Waals surface area contributed by atoms with Crippen LogP contribution in [-0.4, -0.2) is 16.6 Å². The van der Waals surface area contributed by atoms with Crippen molar-refractivity contribution in [1.82, 2.24) is 15.5 Å². The third-order valence-corrected chi connectivity index (χ3v) is 2.16. The molecule has 0 fully saturated rings. The fraction of sp³-hybridized carbons (Fsp3) is 0.0909. The second kappa shape index (κ2) is 4.41. The van der Waals surface area contributed by atoms with Gasteiger partial charge in [0.1, 0.15) is 0 Å². The van der Waals surface area contributed by atoms with Gasteiger partial charge in [0.05, 0.1) is 5.69 Å². The van der Waals surface area contributed by atoms with Crippen LogP contribution in [0.2, 0.25) is 0 Å². The van der Waals surface area contributed by atoms with E-state index in [1.807, 2.05) is 30.3 Å². The molecule has 0 radical (unpaired) electrons. The molecule has 1 heterocycles. The maximum absolute atomic E-state index is 10.1. The molecule has 0 atom stereocenters. The fourth-order valence-corrected chi connectivity index (χ4v) is 1.38. The van der Waals surface area contributed by atoms with E-state index in [0.29, 0.717) is 13.0 Å². The van der Waals surface area contributed by atoms with Gasteiger partial charge in [-0.1, -0.05) is 24.3 Å². The van der Waals surface area contributed by atoms with Crippen molar-refractivity contribution < 1.29 is 4.79 Å². The zero-order chi connectivity index (χ0) is 10.5. The molecule has 1 aromatic heterocycles. The molecule has 76 valence electrons. The number of carbonyl (C=O) groups excluding carboxylic acids is 1. The minimum absolute atomic E-state index is 0.562. The van der Waals surface area contributed by atoms with Gasteiger partial charge in [0, 0.05) is 12.7 Å². The van der Waals surface area contributed by atoms with Gasteiger partial charge in [0.15, 0.2) is 0 Å². The van der Waals surface area contributed by atoms with Crippen molar-refractivity contribution >= 4 is 6.41 Å². The van der Waals surface area contributed by atoms with Gasteiger partial charge in [0.2, 0.25) is 6.41 Å². The topological polar surface area (TPSA) is 57.8 Å². The first kappa shape index (κ1) is 9.45. The van der Waals surface area contributed by atoms with Crippen molar-refractivity contribution in [2.75, 3.05) is 0 Å². The molecular formula is C11H11N3O. The van der Waals surface area contributed by atoms with Crippen LogP contribution in [0.25, 0.3) is 11.3 Å². The summed E-state index contributed by atoms with van der Waals surface area (Å²) in [5.41, 5.74) is 3.15. The number of carbonyl (C=O) groups is 1. The Kier molecular flexibility index (Phi) is 2.78. The number of amides is 1. The highest BCUT2D eigenvalue weighted by Crippen LogP contribution is 2.16. The van der Waals surface area contributed by atoms with Crippen LogP contribution in [-0.2, 0) is 11.3 Å². The van der Waals surface area contributed by atoms with Gasteiger partial charge in [0.25, 0.3) is 0 Å². The quantitative estimate of drug-likeness (QED) is 0.733. The van der Waals surface area contributed by atoms with Gasteiger partial charge < -0.3 is 5.32 Å². The molecule has 4 nitrogen and oxygen atoms in total. The Morgan fingerprint density at radius 3 is 2.67 bits per heavy atom. The molecule has 4 heteroatoms. The second-order valence-corrected chi connectivity index (χ2v) is 3.17. The van der Waals surface area contributed by atoms with Crippen LogP contribution in [0, 0.1) is 0 Å². The lowest BCUT2D eigenvalue weighted by atomic mass is 10.1. The zero-order valence-electron chi connectivity index (χ0n) is 8.10. The van der Waals surface area contributed by atoms with E-state index in [1.165, 1.54) is 0 Å². The van der Waals surface area contributed by atoms with E-state index in [-0.39, 0.29) is 0 Å². The van der Waals surface area contributed by atoms with Crippen LogP contribution < -0.4 is 5.32 Å². The first-order valence-electron chi connectivity index (χ1n) is 4.66. The molecule has 2 aromatic rings. The van der Waals surface area contributed by atoms with Gasteiger partial charge >= 0.3 is 0 Å². The summed E-state index contributed by atoms with van der Waals surface area (Å²) in [6.07, 6.45) is 2.42. The highest BCUT2D eigenvalue weighted by molar-refractivity contribution is 5.58. The van der Waals surface area contributed by atoms with Gasteiger partial charge in [-0.05, 0) is 17.2 Å². The Labute approximate surface area is 87.3 Å². The summed E-state index contributed by atoms with van der Waals surface area (Å²) < 4.78 is 0. The van der Waals surface area contributed by atoms with Crippen molar-refractivity contribution in [3.63, 3.8) is 0 Å². The summed E-state index contributed by atoms with van der Waals surface area (Å²) >= 11 is 0. The Morgan fingerprint density at radius 1 is 1.27 bits per heavy atom. The molecule has 1 aromatic carbocycles. The average Bonchev–Trinajstić information content (AvgIpc) is 2.80. The van der Waals surface area contributed by atoms with Crippen LogP contribution in [0.15, 0.2) is 36.5 Å². The molecule has 1 amide bonds. The largest absolute Gasteiger partial charge is 0.355 e. The van der Waals surface area contributed by atoms with Crippen molar-refractivity contribution in [2.45, 2.75) is 6.54 Å². The smallest absolute Gasteiger partial charge is 0.207 e. The number of benzene rings is 1. The lowest BCUT2D eigenvalue weighted by Gasteiger charge is -2.01. The number of H-pyrrole nitrogens is 1. The van der Waals surface area contributed by atoms with Crippen molar-refractivity contribution in [3.05, 3.63) is 42.1 Å². The molecule has 0 bridgehead atoms. The molecule has 0 spiro atoms. The molecule has 2 N–H and O–H groups in total. The predicted molar refractivity (Wildman–Crippen MR) is 56.9 cm³/mol. The van der Waals surface area contributed by atoms with E-state index in [0.717, 1.165) is 16.8 Å². The van der Waals surface area contributed by atoms with Crippen molar-refractivity contribution in [1.29, 1.82) is 0 Å². The molecule has 2 rings (SSSR count). The number of hydrogen-bond acceptors (Lipinski definition) is 2. The zero-order valence-corrected chi connectivity index (χ0v) is 8.10. The molecule has 0 aliphatic heterocycles. The first-order valence-corrected chi connectivity index (χ1v) is 4.66. The minimum Gasteiger partial charge on any atom is -0.355 e. The molecular weight excluding hydrogens is 190 g/mol. The third-order valence-electron chi connectivity index (χ3n) is 2.16. The molecule has 0 aliphatic rings. The Balaban J connectivity index is 2.14. The summed E-state index contributed by atoms with van der Waals surface area (Å²) in [5.74, 6) is 0. The van der Waals surface area contributed by atoms with Gasteiger partial charge in [-0.3, -0.25) is 9.89 Å². The Hall–Kier alpha value is -2.10. The minimum atomic E-state index is 0.562. The summed E-state index contributed by atoms with van der Waals surface area (Å²) in [6.45, 7) is 0.562. The number of hydrogen-bond donors (Lipinski definition) is 2. The fourth-order valence-electron chi connectivity index (χ4n) is 1.38. The number of aromatic nitrogens is 2. The summed E-state index contributed by atoms with van der Waals surface area (Å²) in [4.78, 5) is 10.1. The second-order valence-electron chi connectivity index (χ2n) is 3.17. The summed E-state index contributed by atoms with van der Waals surface area (Å²) in [5, 5.41) is 9.40. The predicted octanol–water partition coefficient (Wildman–Crippen LogP) is 1.32. The SMILES string of the molecule is O=CNCc1ccc(-c2ccn[nH]2)cc1. The van der Waals surface area contributed by atoms with E-state index in [4.69, 9.17) is 0 Å². The van der Waals surface area contributed by atoms with E-state index in [1.54, 1.807) is 6.20 Å². The van der Waals surface area contributed by atoms with Crippen molar-refractivity contribution in [2.24, 2.45) is 0 Å². The van der Waals surface area contributed by atoms with Crippen LogP contribution in [0.3, 0.4) is 0 Å². The molecule has 15 heavy (non-hydrogen) atoms. The Morgan fingerprint density at radius 2 is 2.07 bits per heavy atom. The highest BCUT2D eigenvalue weighted by Gasteiger charge is 1.98. The summed E-state index contributed by atoms with van der Waals surface area (Å²) in [7, 11) is 0. The van der Waals surface area contributed by atoms with Gasteiger partial charge in [-0.25, -0.2) is 0 Å².